The number of hydrogen-bond donors (Lipinski definition) is 0. The first-order valence-electron chi connectivity index (χ1n) is 12.6. The number of hydrogen-bond acceptors (Lipinski definition) is 6. The Labute approximate surface area is 212 Å². The molecule has 4 aromatic rings. The minimum absolute atomic E-state index is 0.203. The van der Waals surface area contributed by atoms with Gasteiger partial charge in [-0.15, -0.1) is 0 Å². The number of benzene rings is 2. The molecular formula is C27H27F2N5O3. The molecular weight excluding hydrogens is 480 g/mol. The summed E-state index contributed by atoms with van der Waals surface area (Å²) in [5.74, 6) is -1.38. The third kappa shape index (κ3) is 4.15. The first-order chi connectivity index (χ1) is 18.0. The number of para-hydroxylation sites is 1. The standard InChI is InChI=1S/C27H27F2N5O3/c1-2-37-27(35)26(24-23-7-4-8-33(23)16-30-24)34-15-19-21(29)13-17(14-22(19)31-34)18-5-3-6-20(28)25(18)32-9-11-36-12-10-32/h3,5-6,13-16,26H,2,4,7-12H2,1H3. The largest absolute Gasteiger partial charge is 0.464 e. The van der Waals surface area contributed by atoms with E-state index in [0.29, 0.717) is 54.3 Å². The molecule has 1 saturated heterocycles. The summed E-state index contributed by atoms with van der Waals surface area (Å²) in [6.45, 7) is 4.87. The Morgan fingerprint density at radius 3 is 2.81 bits per heavy atom. The van der Waals surface area contributed by atoms with Crippen LogP contribution in [0.1, 0.15) is 30.8 Å². The molecule has 2 aliphatic heterocycles. The molecule has 1 fully saturated rings. The van der Waals surface area contributed by atoms with Crippen LogP contribution in [0.2, 0.25) is 0 Å². The molecule has 0 N–H and O–H groups in total. The van der Waals surface area contributed by atoms with Crippen LogP contribution in [0, 0.1) is 11.6 Å². The normalized spacial score (nSPS) is 16.2. The van der Waals surface area contributed by atoms with E-state index in [0.717, 1.165) is 25.1 Å². The van der Waals surface area contributed by atoms with Crippen molar-refractivity contribution < 1.29 is 23.0 Å². The van der Waals surface area contributed by atoms with Gasteiger partial charge in [-0.25, -0.2) is 18.6 Å². The van der Waals surface area contributed by atoms with E-state index >= 15 is 8.78 Å². The Bertz CT molecular complexity index is 1470. The molecule has 0 spiro atoms. The molecule has 0 aliphatic carbocycles. The smallest absolute Gasteiger partial charge is 0.337 e. The van der Waals surface area contributed by atoms with Crippen molar-refractivity contribution in [3.63, 3.8) is 0 Å². The second-order valence-electron chi connectivity index (χ2n) is 9.26. The van der Waals surface area contributed by atoms with E-state index in [4.69, 9.17) is 9.47 Å². The van der Waals surface area contributed by atoms with Gasteiger partial charge in [0, 0.05) is 37.1 Å². The fourth-order valence-corrected chi connectivity index (χ4v) is 5.34. The van der Waals surface area contributed by atoms with Crippen molar-refractivity contribution >= 4 is 22.6 Å². The van der Waals surface area contributed by atoms with Crippen LogP contribution in [0.3, 0.4) is 0 Å². The lowest BCUT2D eigenvalue weighted by molar-refractivity contribution is -0.146. The van der Waals surface area contributed by atoms with Gasteiger partial charge in [0.1, 0.15) is 11.6 Å². The van der Waals surface area contributed by atoms with Crippen molar-refractivity contribution in [2.45, 2.75) is 32.4 Å². The Kier molecular flexibility index (Phi) is 6.11. The molecule has 8 nitrogen and oxygen atoms in total. The molecule has 6 rings (SSSR count). The third-order valence-corrected chi connectivity index (χ3v) is 7.04. The van der Waals surface area contributed by atoms with E-state index in [-0.39, 0.29) is 17.8 Å². The molecule has 2 aliphatic rings. The zero-order valence-corrected chi connectivity index (χ0v) is 20.5. The maximum atomic E-state index is 15.5. The number of carbonyl (C=O) groups excluding carboxylic acids is 1. The lowest BCUT2D eigenvalue weighted by Crippen LogP contribution is -2.37. The van der Waals surface area contributed by atoms with Gasteiger partial charge in [0.15, 0.2) is 6.04 Å². The molecule has 10 heteroatoms. The molecule has 0 radical (unpaired) electrons. The van der Waals surface area contributed by atoms with Gasteiger partial charge >= 0.3 is 5.97 Å². The fourth-order valence-electron chi connectivity index (χ4n) is 5.34. The number of aromatic nitrogens is 4. The summed E-state index contributed by atoms with van der Waals surface area (Å²) in [5, 5.41) is 4.87. The van der Waals surface area contributed by atoms with Gasteiger partial charge in [0.25, 0.3) is 0 Å². The lowest BCUT2D eigenvalue weighted by Gasteiger charge is -2.31. The molecule has 0 bridgehead atoms. The molecule has 1 unspecified atom stereocenters. The minimum Gasteiger partial charge on any atom is -0.464 e. The average molecular weight is 508 g/mol. The van der Waals surface area contributed by atoms with Crippen molar-refractivity contribution in [3.8, 4) is 11.1 Å². The summed E-state index contributed by atoms with van der Waals surface area (Å²) in [5.41, 5.74) is 3.40. The number of anilines is 1. The number of aryl methyl sites for hydroxylation is 1. The van der Waals surface area contributed by atoms with Crippen LogP contribution in [0.5, 0.6) is 0 Å². The molecule has 2 aromatic carbocycles. The van der Waals surface area contributed by atoms with Gasteiger partial charge in [-0.2, -0.15) is 5.10 Å². The summed E-state index contributed by atoms with van der Waals surface area (Å²) in [4.78, 5) is 19.5. The van der Waals surface area contributed by atoms with Crippen LogP contribution in [0.4, 0.5) is 14.5 Å². The monoisotopic (exact) mass is 507 g/mol. The lowest BCUT2D eigenvalue weighted by atomic mass is 10.0. The number of morpholine rings is 1. The van der Waals surface area contributed by atoms with Crippen LogP contribution in [-0.4, -0.2) is 58.2 Å². The van der Waals surface area contributed by atoms with Crippen LogP contribution in [0.25, 0.3) is 22.0 Å². The first kappa shape index (κ1) is 23.6. The summed E-state index contributed by atoms with van der Waals surface area (Å²) >= 11 is 0. The molecule has 0 amide bonds. The Hall–Kier alpha value is -3.79. The van der Waals surface area contributed by atoms with Crippen molar-refractivity contribution in [2.75, 3.05) is 37.8 Å². The van der Waals surface area contributed by atoms with Gasteiger partial charge in [-0.1, -0.05) is 12.1 Å². The third-order valence-electron chi connectivity index (χ3n) is 7.04. The van der Waals surface area contributed by atoms with Crippen LogP contribution < -0.4 is 4.90 Å². The minimum atomic E-state index is -0.928. The Morgan fingerprint density at radius 1 is 1.16 bits per heavy atom. The molecule has 37 heavy (non-hydrogen) atoms. The number of nitrogens with zero attached hydrogens (tertiary/aromatic N) is 5. The zero-order chi connectivity index (χ0) is 25.5. The molecule has 192 valence electrons. The highest BCUT2D eigenvalue weighted by atomic mass is 19.1. The molecule has 4 heterocycles. The van der Waals surface area contributed by atoms with E-state index in [1.165, 1.54) is 23.0 Å². The zero-order valence-electron chi connectivity index (χ0n) is 20.5. The molecule has 2 aromatic heterocycles. The van der Waals surface area contributed by atoms with Gasteiger partial charge in [-0.05, 0) is 43.5 Å². The highest BCUT2D eigenvalue weighted by Crippen LogP contribution is 2.37. The second kappa shape index (κ2) is 9.59. The fraction of sp³-hybridized carbons (Fsp3) is 0.370. The number of rotatable bonds is 6. The van der Waals surface area contributed by atoms with E-state index in [1.54, 1.807) is 31.5 Å². The van der Waals surface area contributed by atoms with Crippen molar-refractivity contribution in [1.82, 2.24) is 19.3 Å². The van der Waals surface area contributed by atoms with Gasteiger partial charge in [-0.3, -0.25) is 4.68 Å². The first-order valence-corrected chi connectivity index (χ1v) is 12.6. The van der Waals surface area contributed by atoms with Crippen LogP contribution in [-0.2, 0) is 27.2 Å². The molecule has 1 atom stereocenters. The summed E-state index contributed by atoms with van der Waals surface area (Å²) < 4.78 is 44.7. The predicted molar refractivity (Wildman–Crippen MR) is 133 cm³/mol. The quantitative estimate of drug-likeness (QED) is 0.366. The second-order valence-corrected chi connectivity index (χ2v) is 9.26. The highest BCUT2D eigenvalue weighted by Gasteiger charge is 2.32. The number of carbonyl (C=O) groups is 1. The number of ether oxygens (including phenoxy) is 2. The summed E-state index contributed by atoms with van der Waals surface area (Å²) in [6.07, 6.45) is 5.01. The van der Waals surface area contributed by atoms with Crippen molar-refractivity contribution in [2.24, 2.45) is 0 Å². The maximum absolute atomic E-state index is 15.5. The van der Waals surface area contributed by atoms with Gasteiger partial charge in [0.2, 0.25) is 0 Å². The van der Waals surface area contributed by atoms with Crippen LogP contribution in [0.15, 0.2) is 42.9 Å². The van der Waals surface area contributed by atoms with E-state index in [1.807, 2.05) is 9.47 Å². The topological polar surface area (TPSA) is 74.4 Å². The van der Waals surface area contributed by atoms with Gasteiger partial charge in [0.05, 0.1) is 48.4 Å². The van der Waals surface area contributed by atoms with Crippen molar-refractivity contribution in [3.05, 3.63) is 65.9 Å². The number of fused-ring (bicyclic) bond motifs is 2. The highest BCUT2D eigenvalue weighted by molar-refractivity contribution is 5.89. The Balaban J connectivity index is 1.45. The summed E-state index contributed by atoms with van der Waals surface area (Å²) in [7, 11) is 0. The van der Waals surface area contributed by atoms with E-state index in [9.17, 15) is 4.79 Å². The average Bonchev–Trinajstić information content (AvgIpc) is 3.62. The number of esters is 1. The van der Waals surface area contributed by atoms with Gasteiger partial charge < -0.3 is 18.9 Å². The number of imidazole rings is 1. The summed E-state index contributed by atoms with van der Waals surface area (Å²) in [6, 6.07) is 6.99. The Morgan fingerprint density at radius 2 is 2.00 bits per heavy atom. The van der Waals surface area contributed by atoms with E-state index in [2.05, 4.69) is 10.1 Å². The van der Waals surface area contributed by atoms with Crippen LogP contribution >= 0.6 is 0 Å². The SMILES string of the molecule is CCOC(=O)C(c1ncn2c1CCC2)n1cc2c(F)cc(-c3cccc(F)c3N3CCOCC3)cc2n1. The van der Waals surface area contributed by atoms with Crippen molar-refractivity contribution in [1.29, 1.82) is 0 Å². The van der Waals surface area contributed by atoms with E-state index < -0.39 is 17.8 Å². The maximum Gasteiger partial charge on any atom is 0.337 e. The predicted octanol–water partition coefficient (Wildman–Crippen LogP) is 4.11. The number of halogens is 2. The molecule has 0 saturated carbocycles.